The summed E-state index contributed by atoms with van der Waals surface area (Å²) in [6, 6.07) is -0.232. The second kappa shape index (κ2) is 4.06. The van der Waals surface area contributed by atoms with Crippen molar-refractivity contribution in [1.29, 1.82) is 0 Å². The van der Waals surface area contributed by atoms with E-state index in [0.717, 1.165) is 5.01 Å². The number of carboxylic acids is 1. The van der Waals surface area contributed by atoms with Gasteiger partial charge >= 0.3 is 5.97 Å². The van der Waals surface area contributed by atoms with Crippen molar-refractivity contribution in [2.45, 2.75) is 31.7 Å². The van der Waals surface area contributed by atoms with Crippen molar-refractivity contribution in [3.63, 3.8) is 0 Å². The Bertz CT molecular complexity index is 311. The van der Waals surface area contributed by atoms with Crippen LogP contribution in [-0.4, -0.2) is 22.1 Å². The van der Waals surface area contributed by atoms with Gasteiger partial charge in [0.25, 0.3) is 0 Å². The van der Waals surface area contributed by atoms with Gasteiger partial charge in [0, 0.05) is 23.0 Å². The van der Waals surface area contributed by atoms with Crippen molar-refractivity contribution in [1.82, 2.24) is 4.98 Å². The Hall–Kier alpha value is -0.940. The summed E-state index contributed by atoms with van der Waals surface area (Å²) in [5, 5.41) is 11.4. The van der Waals surface area contributed by atoms with E-state index in [-0.39, 0.29) is 12.5 Å². The predicted octanol–water partition coefficient (Wildman–Crippen LogP) is 1.22. The number of nitrogens with two attached hydrogens (primary N) is 1. The van der Waals surface area contributed by atoms with Crippen molar-refractivity contribution in [3.8, 4) is 0 Å². The van der Waals surface area contributed by atoms with Gasteiger partial charge in [-0.2, -0.15) is 0 Å². The number of hydrogen-bond donors (Lipinski definition) is 2. The first kappa shape index (κ1) is 11.1. The highest BCUT2D eigenvalue weighted by atomic mass is 32.1. The van der Waals surface area contributed by atoms with Crippen molar-refractivity contribution < 1.29 is 9.90 Å². The van der Waals surface area contributed by atoms with Crippen LogP contribution in [0.1, 0.15) is 25.3 Å². The standard InChI is InChI=1S/C9H14N2O2S/c1-6(10)9(2,5-7(12)13)8-11-3-4-14-8/h3-4,6H,5,10H2,1-2H3,(H,12,13). The molecule has 0 aliphatic rings. The Balaban J connectivity index is 2.99. The molecule has 1 aromatic rings. The second-order valence-corrected chi connectivity index (χ2v) is 4.51. The number of carboxylic acid groups (broad SMARTS) is 1. The third-order valence-corrected chi connectivity index (χ3v) is 3.50. The molecular formula is C9H14N2O2S. The molecule has 0 saturated heterocycles. The van der Waals surface area contributed by atoms with E-state index in [9.17, 15) is 4.79 Å². The van der Waals surface area contributed by atoms with Gasteiger partial charge in [-0.15, -0.1) is 11.3 Å². The minimum absolute atomic E-state index is 0.0121. The van der Waals surface area contributed by atoms with Crippen molar-refractivity contribution in [3.05, 3.63) is 16.6 Å². The van der Waals surface area contributed by atoms with Gasteiger partial charge in [0.1, 0.15) is 5.01 Å². The van der Waals surface area contributed by atoms with Gasteiger partial charge in [-0.05, 0) is 6.92 Å². The van der Waals surface area contributed by atoms with Crippen LogP contribution in [0.5, 0.6) is 0 Å². The maximum absolute atomic E-state index is 10.7. The zero-order chi connectivity index (χ0) is 10.8. The van der Waals surface area contributed by atoms with Crippen molar-refractivity contribution >= 4 is 17.3 Å². The molecule has 0 aliphatic carbocycles. The zero-order valence-electron chi connectivity index (χ0n) is 8.23. The number of aromatic nitrogens is 1. The van der Waals surface area contributed by atoms with Crippen molar-refractivity contribution in [2.24, 2.45) is 5.73 Å². The molecule has 0 aliphatic heterocycles. The quantitative estimate of drug-likeness (QED) is 0.790. The first-order valence-electron chi connectivity index (χ1n) is 4.34. The van der Waals surface area contributed by atoms with Crippen LogP contribution in [0.3, 0.4) is 0 Å². The lowest BCUT2D eigenvalue weighted by Gasteiger charge is -2.29. The molecule has 78 valence electrons. The molecule has 0 bridgehead atoms. The normalized spacial score (nSPS) is 17.4. The minimum atomic E-state index is -0.847. The Kier molecular flexibility index (Phi) is 3.23. The molecule has 0 radical (unpaired) electrons. The molecule has 0 fully saturated rings. The molecule has 1 rings (SSSR count). The van der Waals surface area contributed by atoms with Gasteiger partial charge in [-0.3, -0.25) is 4.79 Å². The fraction of sp³-hybridized carbons (Fsp3) is 0.556. The van der Waals surface area contributed by atoms with Gasteiger partial charge in [0.15, 0.2) is 0 Å². The summed E-state index contributed by atoms with van der Waals surface area (Å²) in [5.41, 5.74) is 5.24. The van der Waals surface area contributed by atoms with E-state index in [0.29, 0.717) is 0 Å². The number of aliphatic carboxylic acids is 1. The number of hydrogen-bond acceptors (Lipinski definition) is 4. The zero-order valence-corrected chi connectivity index (χ0v) is 9.04. The van der Waals surface area contributed by atoms with Crippen LogP contribution in [-0.2, 0) is 10.2 Å². The summed E-state index contributed by atoms with van der Waals surface area (Å²) in [7, 11) is 0. The summed E-state index contributed by atoms with van der Waals surface area (Å²) in [6.07, 6.45) is 1.68. The Morgan fingerprint density at radius 3 is 2.86 bits per heavy atom. The molecule has 1 aromatic heterocycles. The molecule has 0 amide bonds. The molecular weight excluding hydrogens is 200 g/mol. The Morgan fingerprint density at radius 1 is 1.86 bits per heavy atom. The van der Waals surface area contributed by atoms with Crippen LogP contribution in [0.2, 0.25) is 0 Å². The average molecular weight is 214 g/mol. The van der Waals surface area contributed by atoms with Crippen molar-refractivity contribution in [2.75, 3.05) is 0 Å². The molecule has 0 aromatic carbocycles. The maximum atomic E-state index is 10.7. The molecule has 5 heteroatoms. The number of thiazole rings is 1. The van der Waals surface area contributed by atoms with E-state index < -0.39 is 11.4 Å². The molecule has 2 atom stereocenters. The van der Waals surface area contributed by atoms with Gasteiger partial charge in [-0.1, -0.05) is 6.92 Å². The number of rotatable bonds is 4. The summed E-state index contributed by atoms with van der Waals surface area (Å²) in [5.74, 6) is -0.847. The van der Waals surface area contributed by atoms with Gasteiger partial charge in [-0.25, -0.2) is 4.98 Å². The van der Waals surface area contributed by atoms with Crippen LogP contribution in [0.4, 0.5) is 0 Å². The molecule has 14 heavy (non-hydrogen) atoms. The predicted molar refractivity (Wildman–Crippen MR) is 55.4 cm³/mol. The smallest absolute Gasteiger partial charge is 0.304 e. The molecule has 4 nitrogen and oxygen atoms in total. The lowest BCUT2D eigenvalue weighted by molar-refractivity contribution is -0.138. The van der Waals surface area contributed by atoms with Crippen LogP contribution in [0.15, 0.2) is 11.6 Å². The minimum Gasteiger partial charge on any atom is -0.481 e. The average Bonchev–Trinajstić information content (AvgIpc) is 2.53. The van der Waals surface area contributed by atoms with Crippen LogP contribution in [0.25, 0.3) is 0 Å². The lowest BCUT2D eigenvalue weighted by Crippen LogP contribution is -2.42. The topological polar surface area (TPSA) is 76.2 Å². The number of carbonyl (C=O) groups is 1. The van der Waals surface area contributed by atoms with E-state index in [2.05, 4.69) is 4.98 Å². The fourth-order valence-electron chi connectivity index (χ4n) is 1.25. The molecule has 3 N–H and O–H groups in total. The lowest BCUT2D eigenvalue weighted by atomic mass is 9.81. The first-order valence-corrected chi connectivity index (χ1v) is 5.22. The van der Waals surface area contributed by atoms with Gasteiger partial charge in [0.2, 0.25) is 0 Å². The summed E-state index contributed by atoms with van der Waals surface area (Å²) >= 11 is 1.45. The molecule has 0 spiro atoms. The Labute approximate surface area is 86.8 Å². The summed E-state index contributed by atoms with van der Waals surface area (Å²) < 4.78 is 0. The van der Waals surface area contributed by atoms with E-state index in [4.69, 9.17) is 10.8 Å². The second-order valence-electron chi connectivity index (χ2n) is 3.61. The van der Waals surface area contributed by atoms with Crippen LogP contribution < -0.4 is 5.73 Å². The molecule has 0 saturated carbocycles. The largest absolute Gasteiger partial charge is 0.481 e. The van der Waals surface area contributed by atoms with Crippen LogP contribution >= 0.6 is 11.3 Å². The summed E-state index contributed by atoms with van der Waals surface area (Å²) in [4.78, 5) is 14.9. The molecule has 2 unspecified atom stereocenters. The highest BCUT2D eigenvalue weighted by molar-refractivity contribution is 7.09. The third kappa shape index (κ3) is 2.10. The highest BCUT2D eigenvalue weighted by Gasteiger charge is 2.35. The highest BCUT2D eigenvalue weighted by Crippen LogP contribution is 2.31. The van der Waals surface area contributed by atoms with E-state index in [1.165, 1.54) is 11.3 Å². The molecule has 1 heterocycles. The summed E-state index contributed by atoms with van der Waals surface area (Å²) in [6.45, 7) is 3.65. The fourth-order valence-corrected chi connectivity index (χ4v) is 2.15. The Morgan fingerprint density at radius 2 is 2.50 bits per heavy atom. The maximum Gasteiger partial charge on any atom is 0.304 e. The third-order valence-electron chi connectivity index (χ3n) is 2.44. The number of nitrogens with zero attached hydrogens (tertiary/aromatic N) is 1. The van der Waals surface area contributed by atoms with Crippen LogP contribution in [0, 0.1) is 0 Å². The van der Waals surface area contributed by atoms with Gasteiger partial charge in [0.05, 0.1) is 6.42 Å². The van der Waals surface area contributed by atoms with E-state index >= 15 is 0 Å². The van der Waals surface area contributed by atoms with Gasteiger partial charge < -0.3 is 10.8 Å². The SMILES string of the molecule is CC(N)C(C)(CC(=O)O)c1nccs1. The van der Waals surface area contributed by atoms with E-state index in [1.54, 1.807) is 6.20 Å². The first-order chi connectivity index (χ1) is 6.47. The van der Waals surface area contributed by atoms with E-state index in [1.807, 2.05) is 19.2 Å². The monoisotopic (exact) mass is 214 g/mol.